The highest BCUT2D eigenvalue weighted by Gasteiger charge is 2.23. The summed E-state index contributed by atoms with van der Waals surface area (Å²) in [5, 5.41) is 7.26. The highest BCUT2D eigenvalue weighted by atomic mass is 15.2. The fraction of sp³-hybridized carbons (Fsp3) is 0.0500. The number of rotatable bonds is 6. The van der Waals surface area contributed by atoms with Gasteiger partial charge in [-0.2, -0.15) is 0 Å². The molecule has 2 aromatic heterocycles. The van der Waals surface area contributed by atoms with Crippen molar-refractivity contribution in [1.82, 2.24) is 9.97 Å². The summed E-state index contributed by atoms with van der Waals surface area (Å²) in [5.74, 6) is 1.77. The van der Waals surface area contributed by atoms with E-state index in [1.54, 1.807) is 0 Å². The molecular formula is C40H30N4. The van der Waals surface area contributed by atoms with Crippen LogP contribution in [0.5, 0.6) is 0 Å². The number of aryl methyl sites for hydroxylation is 2. The maximum atomic E-state index is 4.88. The second-order valence-corrected chi connectivity index (χ2v) is 11.3. The number of nitrogens with zero attached hydrogens (tertiary/aromatic N) is 4. The van der Waals surface area contributed by atoms with Gasteiger partial charge in [-0.3, -0.25) is 9.80 Å². The van der Waals surface area contributed by atoms with Crippen molar-refractivity contribution in [1.29, 1.82) is 0 Å². The fourth-order valence-electron chi connectivity index (χ4n) is 6.30. The van der Waals surface area contributed by atoms with E-state index in [9.17, 15) is 0 Å². The zero-order chi connectivity index (χ0) is 29.6. The highest BCUT2D eigenvalue weighted by Crippen LogP contribution is 2.47. The van der Waals surface area contributed by atoms with Gasteiger partial charge in [-0.05, 0) is 95.1 Å². The first kappa shape index (κ1) is 25.9. The summed E-state index contributed by atoms with van der Waals surface area (Å²) >= 11 is 0. The summed E-state index contributed by atoms with van der Waals surface area (Å²) in [6, 6.07) is 47.4. The molecule has 0 aliphatic heterocycles. The van der Waals surface area contributed by atoms with Gasteiger partial charge >= 0.3 is 0 Å². The molecule has 4 heteroatoms. The molecule has 0 saturated carbocycles. The van der Waals surface area contributed by atoms with Crippen LogP contribution in [0, 0.1) is 13.8 Å². The quantitative estimate of drug-likeness (QED) is 0.187. The topological polar surface area (TPSA) is 32.3 Å². The van der Waals surface area contributed by atoms with Crippen LogP contribution in [0.2, 0.25) is 0 Å². The van der Waals surface area contributed by atoms with Gasteiger partial charge in [0.1, 0.15) is 11.6 Å². The van der Waals surface area contributed by atoms with Gasteiger partial charge in [0.15, 0.2) is 0 Å². The summed E-state index contributed by atoms with van der Waals surface area (Å²) in [6.45, 7) is 4.14. The Morgan fingerprint density at radius 3 is 1.57 bits per heavy atom. The molecule has 0 N–H and O–H groups in total. The van der Waals surface area contributed by atoms with Crippen molar-refractivity contribution in [3.8, 4) is 0 Å². The van der Waals surface area contributed by atoms with Crippen LogP contribution in [0.3, 0.4) is 0 Å². The second kappa shape index (κ2) is 10.5. The predicted octanol–water partition coefficient (Wildman–Crippen LogP) is 10.9. The van der Waals surface area contributed by atoms with Crippen LogP contribution in [0.4, 0.5) is 34.4 Å². The molecule has 2 heterocycles. The number of pyridine rings is 2. The summed E-state index contributed by atoms with van der Waals surface area (Å²) in [6.07, 6.45) is 3.87. The lowest BCUT2D eigenvalue weighted by Crippen LogP contribution is -2.13. The minimum Gasteiger partial charge on any atom is -0.294 e. The lowest BCUT2D eigenvalue weighted by atomic mass is 9.91. The molecule has 0 saturated heterocycles. The minimum atomic E-state index is 0.887. The standard InChI is InChI=1S/C40H30N4/c1-27-16-22-37(41-25-27)43(31-11-5-3-6-12-31)35-21-19-30-24-36(33-15-9-10-29-18-20-34(35)40(30)39(29)33)44(32-13-7-4-8-14-32)38-23-17-28(2)26-42-38/h3-26H,1-2H3. The number of benzene rings is 6. The van der Waals surface area contributed by atoms with Crippen LogP contribution in [0.1, 0.15) is 11.1 Å². The summed E-state index contributed by atoms with van der Waals surface area (Å²) in [5.41, 5.74) is 6.61. The highest BCUT2D eigenvalue weighted by molar-refractivity contribution is 6.28. The van der Waals surface area contributed by atoms with E-state index in [0.717, 1.165) is 45.5 Å². The molecule has 4 nitrogen and oxygen atoms in total. The Morgan fingerprint density at radius 1 is 0.432 bits per heavy atom. The van der Waals surface area contributed by atoms with E-state index in [1.165, 1.54) is 32.3 Å². The van der Waals surface area contributed by atoms with Crippen LogP contribution in [-0.2, 0) is 0 Å². The molecule has 0 aliphatic rings. The van der Waals surface area contributed by atoms with Crippen molar-refractivity contribution in [3.63, 3.8) is 0 Å². The molecule has 0 aliphatic carbocycles. The molecule has 0 amide bonds. The van der Waals surface area contributed by atoms with Crippen LogP contribution >= 0.6 is 0 Å². The van der Waals surface area contributed by atoms with Gasteiger partial charge in [-0.25, -0.2) is 9.97 Å². The number of para-hydroxylation sites is 2. The van der Waals surface area contributed by atoms with Crippen molar-refractivity contribution in [2.24, 2.45) is 0 Å². The van der Waals surface area contributed by atoms with Gasteiger partial charge < -0.3 is 0 Å². The normalized spacial score (nSPS) is 11.4. The largest absolute Gasteiger partial charge is 0.294 e. The molecular weight excluding hydrogens is 536 g/mol. The molecule has 0 radical (unpaired) electrons. The van der Waals surface area contributed by atoms with E-state index in [4.69, 9.17) is 9.97 Å². The van der Waals surface area contributed by atoms with E-state index in [-0.39, 0.29) is 0 Å². The Bertz CT molecular complexity index is 2220. The van der Waals surface area contributed by atoms with Gasteiger partial charge in [0.2, 0.25) is 0 Å². The summed E-state index contributed by atoms with van der Waals surface area (Å²) < 4.78 is 0. The second-order valence-electron chi connectivity index (χ2n) is 11.3. The van der Waals surface area contributed by atoms with Crippen molar-refractivity contribution >= 4 is 66.7 Å². The number of hydrogen-bond donors (Lipinski definition) is 0. The third-order valence-electron chi connectivity index (χ3n) is 8.36. The lowest BCUT2D eigenvalue weighted by molar-refractivity contribution is 1.17. The summed E-state index contributed by atoms with van der Waals surface area (Å²) in [7, 11) is 0. The number of aromatic nitrogens is 2. The molecule has 0 spiro atoms. The molecule has 44 heavy (non-hydrogen) atoms. The van der Waals surface area contributed by atoms with E-state index in [1.807, 2.05) is 12.4 Å². The Labute approximate surface area is 256 Å². The van der Waals surface area contributed by atoms with Crippen LogP contribution in [-0.4, -0.2) is 9.97 Å². The maximum absolute atomic E-state index is 4.88. The molecule has 8 aromatic rings. The zero-order valence-electron chi connectivity index (χ0n) is 24.6. The summed E-state index contributed by atoms with van der Waals surface area (Å²) in [4.78, 5) is 14.3. The van der Waals surface area contributed by atoms with E-state index in [0.29, 0.717) is 0 Å². The average Bonchev–Trinajstić information content (AvgIpc) is 3.07. The van der Waals surface area contributed by atoms with Gasteiger partial charge in [0.05, 0.1) is 11.4 Å². The smallest absolute Gasteiger partial charge is 0.137 e. The van der Waals surface area contributed by atoms with E-state index >= 15 is 0 Å². The first-order chi connectivity index (χ1) is 21.7. The Morgan fingerprint density at radius 2 is 0.977 bits per heavy atom. The van der Waals surface area contributed by atoms with E-state index < -0.39 is 0 Å². The fourth-order valence-corrected chi connectivity index (χ4v) is 6.30. The van der Waals surface area contributed by atoms with Crippen LogP contribution < -0.4 is 9.80 Å². The monoisotopic (exact) mass is 566 g/mol. The Balaban J connectivity index is 1.42. The zero-order valence-corrected chi connectivity index (χ0v) is 24.6. The molecule has 0 atom stereocenters. The van der Waals surface area contributed by atoms with Crippen molar-refractivity contribution in [2.45, 2.75) is 13.8 Å². The maximum Gasteiger partial charge on any atom is 0.137 e. The van der Waals surface area contributed by atoms with Crippen molar-refractivity contribution in [3.05, 3.63) is 157 Å². The molecule has 210 valence electrons. The van der Waals surface area contributed by atoms with Crippen LogP contribution in [0.15, 0.2) is 146 Å². The first-order valence-electron chi connectivity index (χ1n) is 14.9. The third-order valence-corrected chi connectivity index (χ3v) is 8.36. The van der Waals surface area contributed by atoms with Crippen molar-refractivity contribution in [2.75, 3.05) is 9.80 Å². The molecule has 8 rings (SSSR count). The molecule has 0 bridgehead atoms. The first-order valence-corrected chi connectivity index (χ1v) is 14.9. The van der Waals surface area contributed by atoms with Gasteiger partial charge in [-0.15, -0.1) is 0 Å². The van der Waals surface area contributed by atoms with Gasteiger partial charge in [-0.1, -0.05) is 84.9 Å². The third kappa shape index (κ3) is 4.31. The average molecular weight is 567 g/mol. The van der Waals surface area contributed by atoms with Gasteiger partial charge in [0, 0.05) is 34.5 Å². The number of hydrogen-bond acceptors (Lipinski definition) is 4. The van der Waals surface area contributed by atoms with E-state index in [2.05, 4.69) is 157 Å². The molecule has 6 aromatic carbocycles. The van der Waals surface area contributed by atoms with Gasteiger partial charge in [0.25, 0.3) is 0 Å². The Hall–Kier alpha value is -5.74. The number of anilines is 6. The molecule has 0 unspecified atom stereocenters. The minimum absolute atomic E-state index is 0.887. The van der Waals surface area contributed by atoms with Crippen molar-refractivity contribution < 1.29 is 0 Å². The lowest BCUT2D eigenvalue weighted by Gasteiger charge is -2.29. The Kier molecular flexibility index (Phi) is 6.20. The molecule has 0 fully saturated rings. The van der Waals surface area contributed by atoms with Crippen LogP contribution in [0.25, 0.3) is 32.3 Å². The SMILES string of the molecule is Cc1ccc(N(c2ccccc2)c2cc3ccc(N(c4ccccc4)c4ccc(C)cn4)c4ccc5cccc2c5c34)nc1. The predicted molar refractivity (Wildman–Crippen MR) is 185 cm³/mol.